The topological polar surface area (TPSA) is 23.8 Å². The molecule has 0 fully saturated rings. The van der Waals surface area contributed by atoms with E-state index in [2.05, 4.69) is 12.1 Å². The van der Waals surface area contributed by atoms with Crippen molar-refractivity contribution in [1.29, 1.82) is 0 Å². The van der Waals surface area contributed by atoms with Gasteiger partial charge in [0.2, 0.25) is 0 Å². The van der Waals surface area contributed by atoms with Crippen molar-refractivity contribution >= 4 is 0 Å². The fraction of sp³-hybridized carbons (Fsp3) is 0.250. The van der Waals surface area contributed by atoms with E-state index < -0.39 is 0 Å². The third kappa shape index (κ3) is 1.86. The summed E-state index contributed by atoms with van der Waals surface area (Å²) in [4.78, 5) is 0. The zero-order chi connectivity index (χ0) is 6.53. The van der Waals surface area contributed by atoms with E-state index in [0.717, 1.165) is 6.42 Å². The van der Waals surface area contributed by atoms with Crippen LogP contribution >= 0.6 is 0 Å². The molecule has 0 unspecified atom stereocenters. The molecule has 0 heterocycles. The third-order valence-electron chi connectivity index (χ3n) is 1.26. The van der Waals surface area contributed by atoms with Crippen molar-refractivity contribution < 1.29 is 0 Å². The Bertz CT molecular complexity index is 157. The van der Waals surface area contributed by atoms with Gasteiger partial charge in [-0.1, -0.05) is 30.3 Å². The molecule has 0 bridgehead atoms. The second-order valence-corrected chi connectivity index (χ2v) is 1.99. The highest BCUT2D eigenvalue weighted by Crippen LogP contribution is 1.98. The smallest absolute Gasteiger partial charge is 0.0470 e. The molecule has 0 atom stereocenters. The minimum absolute atomic E-state index is 0.490. The summed E-state index contributed by atoms with van der Waals surface area (Å²) in [5.74, 6) is 0. The number of nitrogens with one attached hydrogen (secondary N) is 1. The molecule has 1 nitrogen and oxygen atoms in total. The van der Waals surface area contributed by atoms with Crippen molar-refractivity contribution in [3.8, 4) is 0 Å². The third-order valence-corrected chi connectivity index (χ3v) is 1.26. The minimum Gasteiger partial charge on any atom is -0.677 e. The van der Waals surface area contributed by atoms with Gasteiger partial charge in [-0.15, -0.1) is 6.54 Å². The van der Waals surface area contributed by atoms with Gasteiger partial charge in [0.25, 0.3) is 0 Å². The SMILES string of the molecule is [NH-]CCc1ccccc1. The van der Waals surface area contributed by atoms with Gasteiger partial charge in [0.05, 0.1) is 0 Å². The number of rotatable bonds is 2. The Morgan fingerprint density at radius 3 is 2.33 bits per heavy atom. The molecule has 0 aliphatic rings. The van der Waals surface area contributed by atoms with Gasteiger partial charge in [0, 0.05) is 0 Å². The van der Waals surface area contributed by atoms with Crippen molar-refractivity contribution in [3.05, 3.63) is 41.6 Å². The van der Waals surface area contributed by atoms with Gasteiger partial charge in [-0.05, 0) is 12.0 Å². The average molecular weight is 120 g/mol. The van der Waals surface area contributed by atoms with Gasteiger partial charge in [-0.3, -0.25) is 0 Å². The molecule has 0 saturated carbocycles. The second-order valence-electron chi connectivity index (χ2n) is 1.99. The van der Waals surface area contributed by atoms with E-state index in [1.54, 1.807) is 0 Å². The highest BCUT2D eigenvalue weighted by atomic mass is 14.5. The molecule has 9 heavy (non-hydrogen) atoms. The van der Waals surface area contributed by atoms with Crippen molar-refractivity contribution in [2.45, 2.75) is 6.42 Å². The fourth-order valence-corrected chi connectivity index (χ4v) is 0.789. The number of benzene rings is 1. The molecule has 0 aliphatic carbocycles. The first-order chi connectivity index (χ1) is 4.43. The fourth-order valence-electron chi connectivity index (χ4n) is 0.789. The van der Waals surface area contributed by atoms with Gasteiger partial charge < -0.3 is 5.73 Å². The highest BCUT2D eigenvalue weighted by molar-refractivity contribution is 5.14. The molecule has 0 saturated heterocycles. The van der Waals surface area contributed by atoms with Crippen LogP contribution < -0.4 is 0 Å². The number of hydrogen-bond acceptors (Lipinski definition) is 0. The van der Waals surface area contributed by atoms with Crippen molar-refractivity contribution in [3.63, 3.8) is 0 Å². The maximum atomic E-state index is 6.94. The maximum Gasteiger partial charge on any atom is -0.0470 e. The van der Waals surface area contributed by atoms with E-state index in [-0.39, 0.29) is 0 Å². The van der Waals surface area contributed by atoms with Crippen LogP contribution in [-0.2, 0) is 6.42 Å². The van der Waals surface area contributed by atoms with Crippen LogP contribution in [0.15, 0.2) is 30.3 Å². The first-order valence-corrected chi connectivity index (χ1v) is 3.12. The van der Waals surface area contributed by atoms with E-state index in [9.17, 15) is 0 Å². The number of hydrogen-bond donors (Lipinski definition) is 0. The Morgan fingerprint density at radius 1 is 1.11 bits per heavy atom. The van der Waals surface area contributed by atoms with Crippen LogP contribution in [0.4, 0.5) is 0 Å². The Hall–Kier alpha value is -0.820. The summed E-state index contributed by atoms with van der Waals surface area (Å²) in [6.45, 7) is 0.490. The van der Waals surface area contributed by atoms with Gasteiger partial charge in [-0.2, -0.15) is 0 Å². The normalized spacial score (nSPS) is 9.44. The molecule has 0 amide bonds. The summed E-state index contributed by atoms with van der Waals surface area (Å²) in [6, 6.07) is 10.1. The maximum absolute atomic E-state index is 6.94. The van der Waals surface area contributed by atoms with E-state index in [0.29, 0.717) is 6.54 Å². The standard InChI is InChI=1S/C8H10N/c9-7-6-8-4-2-1-3-5-8/h1-5,9H,6-7H2/q-1. The molecule has 0 aliphatic heterocycles. The molecule has 1 aromatic carbocycles. The van der Waals surface area contributed by atoms with Crippen LogP contribution in [0.3, 0.4) is 0 Å². The Balaban J connectivity index is 2.61. The van der Waals surface area contributed by atoms with E-state index in [1.807, 2.05) is 18.2 Å². The van der Waals surface area contributed by atoms with Gasteiger partial charge in [0.15, 0.2) is 0 Å². The molecule has 1 aromatic rings. The van der Waals surface area contributed by atoms with Crippen LogP contribution in [0.2, 0.25) is 0 Å². The summed E-state index contributed by atoms with van der Waals surface area (Å²) < 4.78 is 0. The summed E-state index contributed by atoms with van der Waals surface area (Å²) in [7, 11) is 0. The Morgan fingerprint density at radius 2 is 1.78 bits per heavy atom. The van der Waals surface area contributed by atoms with E-state index in [4.69, 9.17) is 5.73 Å². The van der Waals surface area contributed by atoms with Crippen LogP contribution in [0.25, 0.3) is 5.73 Å². The summed E-state index contributed by atoms with van der Waals surface area (Å²) >= 11 is 0. The summed E-state index contributed by atoms with van der Waals surface area (Å²) in [6.07, 6.45) is 0.876. The zero-order valence-electron chi connectivity index (χ0n) is 5.30. The molecule has 0 aromatic heterocycles. The lowest BCUT2D eigenvalue weighted by Gasteiger charge is -1.99. The Kier molecular flexibility index (Phi) is 2.28. The van der Waals surface area contributed by atoms with Crippen LogP contribution in [-0.4, -0.2) is 6.54 Å². The average Bonchev–Trinajstić information content (AvgIpc) is 1.91. The predicted octanol–water partition coefficient (Wildman–Crippen LogP) is 2.28. The summed E-state index contributed by atoms with van der Waals surface area (Å²) in [5, 5.41) is 0. The lowest BCUT2D eigenvalue weighted by molar-refractivity contribution is 1.09. The van der Waals surface area contributed by atoms with Gasteiger partial charge >= 0.3 is 0 Å². The second kappa shape index (κ2) is 3.25. The molecule has 1 heteroatoms. The van der Waals surface area contributed by atoms with Crippen molar-refractivity contribution in [2.24, 2.45) is 0 Å². The molecule has 1 rings (SSSR count). The van der Waals surface area contributed by atoms with E-state index in [1.165, 1.54) is 5.56 Å². The van der Waals surface area contributed by atoms with E-state index >= 15 is 0 Å². The first kappa shape index (κ1) is 6.30. The Labute approximate surface area is 55.5 Å². The first-order valence-electron chi connectivity index (χ1n) is 3.12. The van der Waals surface area contributed by atoms with Crippen LogP contribution in [0.5, 0.6) is 0 Å². The largest absolute Gasteiger partial charge is 0.677 e. The van der Waals surface area contributed by atoms with Crippen molar-refractivity contribution in [2.75, 3.05) is 6.54 Å². The lowest BCUT2D eigenvalue weighted by Crippen LogP contribution is -1.84. The predicted molar refractivity (Wildman–Crippen MR) is 39.3 cm³/mol. The van der Waals surface area contributed by atoms with Gasteiger partial charge in [-0.25, -0.2) is 0 Å². The lowest BCUT2D eigenvalue weighted by atomic mass is 10.2. The summed E-state index contributed by atoms with van der Waals surface area (Å²) in [5.41, 5.74) is 8.20. The molecule has 48 valence electrons. The molecule has 0 radical (unpaired) electrons. The molecular formula is C8H10N-. The monoisotopic (exact) mass is 120 g/mol. The van der Waals surface area contributed by atoms with Gasteiger partial charge in [0.1, 0.15) is 0 Å². The molecular weight excluding hydrogens is 110 g/mol. The van der Waals surface area contributed by atoms with Crippen molar-refractivity contribution in [1.82, 2.24) is 0 Å². The zero-order valence-corrected chi connectivity index (χ0v) is 5.30. The quantitative estimate of drug-likeness (QED) is 0.571. The van der Waals surface area contributed by atoms with Crippen LogP contribution in [0, 0.1) is 0 Å². The minimum atomic E-state index is 0.490. The molecule has 0 spiro atoms. The molecule has 1 N–H and O–H groups in total. The highest BCUT2D eigenvalue weighted by Gasteiger charge is 1.81. The van der Waals surface area contributed by atoms with Crippen LogP contribution in [0.1, 0.15) is 5.56 Å².